The summed E-state index contributed by atoms with van der Waals surface area (Å²) in [5.74, 6) is -5.70. The molecule has 0 N–H and O–H groups in total. The quantitative estimate of drug-likeness (QED) is 0.299. The van der Waals surface area contributed by atoms with Crippen LogP contribution in [0.5, 0.6) is 0 Å². The summed E-state index contributed by atoms with van der Waals surface area (Å²) in [7, 11) is 0. The van der Waals surface area contributed by atoms with Gasteiger partial charge in [-0.05, 0) is 13.3 Å². The summed E-state index contributed by atoms with van der Waals surface area (Å²) in [6.07, 6.45) is -8.68. The summed E-state index contributed by atoms with van der Waals surface area (Å²) in [6, 6.07) is 0. The highest BCUT2D eigenvalue weighted by atomic mass is 19.4. The minimum atomic E-state index is -4.96. The second-order valence-corrected chi connectivity index (χ2v) is 4.33. The molecule has 0 bridgehead atoms. The number of halogens is 5. The van der Waals surface area contributed by atoms with E-state index in [4.69, 9.17) is 0 Å². The number of hydrogen-bond acceptors (Lipinski definition) is 4. The molecule has 122 valence electrons. The van der Waals surface area contributed by atoms with Crippen LogP contribution in [0.4, 0.5) is 22.0 Å². The van der Waals surface area contributed by atoms with E-state index < -0.39 is 56.5 Å². The van der Waals surface area contributed by atoms with Crippen molar-refractivity contribution in [3.63, 3.8) is 0 Å². The Bertz CT molecular complexity index is 390. The molecule has 0 unspecified atom stereocenters. The van der Waals surface area contributed by atoms with Crippen LogP contribution in [-0.2, 0) is 19.1 Å². The number of carbonyl (C=O) groups is 2. The van der Waals surface area contributed by atoms with Gasteiger partial charge in [0, 0.05) is 12.0 Å². The largest absolute Gasteiger partial charge is 0.463 e. The van der Waals surface area contributed by atoms with Crippen LogP contribution in [0.2, 0.25) is 0 Å². The van der Waals surface area contributed by atoms with Gasteiger partial charge in [0.05, 0.1) is 6.61 Å². The van der Waals surface area contributed by atoms with Crippen LogP contribution in [0.1, 0.15) is 26.2 Å². The Labute approximate surface area is 117 Å². The lowest BCUT2D eigenvalue weighted by molar-refractivity contribution is -0.190. The summed E-state index contributed by atoms with van der Waals surface area (Å²) in [5.41, 5.74) is 0.0644. The van der Waals surface area contributed by atoms with E-state index in [1.807, 2.05) is 0 Å². The Balaban J connectivity index is 3.87. The molecule has 0 saturated heterocycles. The van der Waals surface area contributed by atoms with E-state index >= 15 is 0 Å². The Morgan fingerprint density at radius 1 is 1.10 bits per heavy atom. The van der Waals surface area contributed by atoms with Gasteiger partial charge in [0.15, 0.2) is 6.61 Å². The highest BCUT2D eigenvalue weighted by molar-refractivity contribution is 5.88. The summed E-state index contributed by atoms with van der Waals surface area (Å²) < 4.78 is 70.0. The molecule has 0 spiro atoms. The minimum Gasteiger partial charge on any atom is -0.463 e. The predicted molar refractivity (Wildman–Crippen MR) is 61.6 cm³/mol. The van der Waals surface area contributed by atoms with E-state index in [2.05, 4.69) is 16.1 Å². The Morgan fingerprint density at radius 2 is 1.67 bits per heavy atom. The van der Waals surface area contributed by atoms with Crippen molar-refractivity contribution in [1.82, 2.24) is 0 Å². The molecule has 0 aromatic rings. The fourth-order valence-corrected chi connectivity index (χ4v) is 1.19. The molecule has 0 heterocycles. The summed E-state index contributed by atoms with van der Waals surface area (Å²) in [4.78, 5) is 21.9. The Kier molecular flexibility index (Phi) is 7.31. The van der Waals surface area contributed by atoms with Crippen LogP contribution in [0, 0.1) is 0 Å². The van der Waals surface area contributed by atoms with Crippen LogP contribution >= 0.6 is 0 Å². The zero-order valence-corrected chi connectivity index (χ0v) is 11.3. The molecule has 0 aliphatic heterocycles. The van der Waals surface area contributed by atoms with Gasteiger partial charge in [-0.15, -0.1) is 0 Å². The molecule has 21 heavy (non-hydrogen) atoms. The highest BCUT2D eigenvalue weighted by Crippen LogP contribution is 2.34. The molecule has 0 aromatic heterocycles. The average Bonchev–Trinajstić information content (AvgIpc) is 2.28. The average molecular weight is 318 g/mol. The van der Waals surface area contributed by atoms with Crippen molar-refractivity contribution in [3.8, 4) is 0 Å². The zero-order chi connectivity index (χ0) is 16.7. The second-order valence-electron chi connectivity index (χ2n) is 4.33. The van der Waals surface area contributed by atoms with Crippen molar-refractivity contribution < 1.29 is 41.0 Å². The number of hydrogen-bond donors (Lipinski definition) is 0. The first kappa shape index (κ1) is 19.3. The third-order valence-electron chi connectivity index (χ3n) is 2.08. The topological polar surface area (TPSA) is 52.6 Å². The van der Waals surface area contributed by atoms with Gasteiger partial charge in [-0.1, -0.05) is 6.58 Å². The minimum absolute atomic E-state index is 0.0644. The molecule has 0 radical (unpaired) electrons. The first-order chi connectivity index (χ1) is 9.43. The first-order valence-corrected chi connectivity index (χ1v) is 5.86. The van der Waals surface area contributed by atoms with Crippen molar-refractivity contribution in [2.45, 2.75) is 38.3 Å². The van der Waals surface area contributed by atoms with E-state index in [0.717, 1.165) is 0 Å². The first-order valence-electron chi connectivity index (χ1n) is 5.86. The highest BCUT2D eigenvalue weighted by Gasteiger charge is 2.42. The molecule has 0 aliphatic rings. The molecule has 0 amide bonds. The van der Waals surface area contributed by atoms with Gasteiger partial charge < -0.3 is 9.47 Å². The van der Waals surface area contributed by atoms with Crippen LogP contribution in [0.25, 0.3) is 0 Å². The van der Waals surface area contributed by atoms with Crippen molar-refractivity contribution in [2.24, 2.45) is 0 Å². The van der Waals surface area contributed by atoms with Crippen molar-refractivity contribution in [3.05, 3.63) is 12.2 Å². The van der Waals surface area contributed by atoms with Crippen molar-refractivity contribution >= 4 is 11.9 Å². The number of carbonyl (C=O) groups excluding carboxylic acids is 2. The van der Waals surface area contributed by atoms with Gasteiger partial charge in [0.2, 0.25) is 0 Å². The third kappa shape index (κ3) is 10.7. The maximum Gasteiger partial charge on any atom is 0.394 e. The van der Waals surface area contributed by atoms with E-state index in [1.54, 1.807) is 0 Å². The fraction of sp³-hybridized carbons (Fsp3) is 0.667. The number of rotatable bonds is 8. The monoisotopic (exact) mass is 318 g/mol. The lowest BCUT2D eigenvalue weighted by Crippen LogP contribution is -2.26. The van der Waals surface area contributed by atoms with Crippen LogP contribution < -0.4 is 0 Å². The Morgan fingerprint density at radius 3 is 2.14 bits per heavy atom. The van der Waals surface area contributed by atoms with Gasteiger partial charge in [-0.2, -0.15) is 13.2 Å². The normalized spacial score (nSPS) is 11.9. The Hall–Kier alpha value is -1.67. The lowest BCUT2D eigenvalue weighted by atomic mass is 10.1. The summed E-state index contributed by atoms with van der Waals surface area (Å²) >= 11 is 0. The smallest absolute Gasteiger partial charge is 0.394 e. The zero-order valence-electron chi connectivity index (χ0n) is 11.3. The standard InChI is InChI=1S/C12H15F5O4/c1-8(2)10(19)21-6-9(18)20-5-3-4-11(13,14)7-12(15,16)17/h1,3-7H2,2H3. The van der Waals surface area contributed by atoms with Gasteiger partial charge in [-0.25, -0.2) is 18.4 Å². The molecule has 0 rings (SSSR count). The molecule has 0 fully saturated rings. The molecular weight excluding hydrogens is 303 g/mol. The molecule has 0 saturated carbocycles. The molecule has 4 nitrogen and oxygen atoms in total. The summed E-state index contributed by atoms with van der Waals surface area (Å²) in [5, 5.41) is 0. The molecule has 0 atom stereocenters. The molecule has 0 aromatic carbocycles. The molecular formula is C12H15F5O4. The third-order valence-corrected chi connectivity index (χ3v) is 2.08. The lowest BCUT2D eigenvalue weighted by Gasteiger charge is -2.17. The van der Waals surface area contributed by atoms with E-state index in [0.29, 0.717) is 0 Å². The number of alkyl halides is 5. The van der Waals surface area contributed by atoms with Gasteiger partial charge in [-0.3, -0.25) is 0 Å². The van der Waals surface area contributed by atoms with E-state index in [9.17, 15) is 31.5 Å². The maximum absolute atomic E-state index is 12.8. The maximum atomic E-state index is 12.8. The SMILES string of the molecule is C=C(C)C(=O)OCC(=O)OCCCC(F)(F)CC(F)(F)F. The summed E-state index contributed by atoms with van der Waals surface area (Å²) in [6.45, 7) is 3.41. The number of ether oxygens (including phenoxy) is 2. The van der Waals surface area contributed by atoms with Crippen molar-refractivity contribution in [2.75, 3.05) is 13.2 Å². The van der Waals surface area contributed by atoms with Crippen molar-refractivity contribution in [1.29, 1.82) is 0 Å². The van der Waals surface area contributed by atoms with Crippen LogP contribution in [0.3, 0.4) is 0 Å². The van der Waals surface area contributed by atoms with E-state index in [1.165, 1.54) is 6.92 Å². The fourth-order valence-electron chi connectivity index (χ4n) is 1.19. The molecule has 9 heteroatoms. The van der Waals surface area contributed by atoms with Gasteiger partial charge >= 0.3 is 18.1 Å². The van der Waals surface area contributed by atoms with Crippen LogP contribution in [-0.4, -0.2) is 37.3 Å². The number of esters is 2. The molecule has 0 aliphatic carbocycles. The van der Waals surface area contributed by atoms with E-state index in [-0.39, 0.29) is 5.57 Å². The van der Waals surface area contributed by atoms with Crippen LogP contribution in [0.15, 0.2) is 12.2 Å². The predicted octanol–water partition coefficient (Wildman–Crippen LogP) is 3.02. The van der Waals surface area contributed by atoms with Gasteiger partial charge in [0.25, 0.3) is 5.92 Å². The second kappa shape index (κ2) is 7.94. The van der Waals surface area contributed by atoms with Gasteiger partial charge in [0.1, 0.15) is 6.42 Å².